The first kappa shape index (κ1) is 23.5. The van der Waals surface area contributed by atoms with E-state index in [9.17, 15) is 9.59 Å². The van der Waals surface area contributed by atoms with Crippen molar-refractivity contribution in [1.82, 2.24) is 14.5 Å². The molecule has 3 aromatic rings. The van der Waals surface area contributed by atoms with Crippen LogP contribution < -0.4 is 0 Å². The summed E-state index contributed by atoms with van der Waals surface area (Å²) in [5, 5.41) is 10.1. The van der Waals surface area contributed by atoms with Crippen LogP contribution in [0.1, 0.15) is 41.4 Å². The maximum atomic E-state index is 13.1. The Bertz CT molecular complexity index is 1180. The topological polar surface area (TPSA) is 94.3 Å². The maximum Gasteiger partial charge on any atom is 0.303 e. The number of fused-ring (bicyclic) bond motifs is 1. The van der Waals surface area contributed by atoms with Gasteiger partial charge in [-0.3, -0.25) is 14.6 Å². The number of aromatic nitrogens is 3. The van der Waals surface area contributed by atoms with Gasteiger partial charge in [0, 0.05) is 67.1 Å². The second kappa shape index (κ2) is 10.9. The van der Waals surface area contributed by atoms with Crippen LogP contribution in [0.4, 0.5) is 0 Å². The van der Waals surface area contributed by atoms with Gasteiger partial charge in [0.1, 0.15) is 12.3 Å². The Morgan fingerprint density at radius 3 is 2.84 bits per heavy atom. The van der Waals surface area contributed by atoms with E-state index in [-0.39, 0.29) is 31.1 Å². The maximum absolute atomic E-state index is 13.1. The molecule has 3 rings (SSSR count). The minimum Gasteiger partial charge on any atom is -0.481 e. The predicted molar refractivity (Wildman–Crippen MR) is 122 cm³/mol. The molecular formula is C24H24ClN3O4. The fourth-order valence-corrected chi connectivity index (χ4v) is 3.75. The third kappa shape index (κ3) is 5.94. The number of hydrogen-bond donors (Lipinski definition) is 1. The number of ketones is 1. The zero-order valence-corrected chi connectivity index (χ0v) is 18.7. The molecule has 0 saturated heterocycles. The highest BCUT2D eigenvalue weighted by Crippen LogP contribution is 2.29. The molecule has 0 aliphatic carbocycles. The van der Waals surface area contributed by atoms with Crippen LogP contribution in [0, 0.1) is 17.8 Å². The number of aryl methyl sites for hydroxylation is 1. The van der Waals surface area contributed by atoms with E-state index in [0.717, 1.165) is 11.3 Å². The molecule has 3 heterocycles. The summed E-state index contributed by atoms with van der Waals surface area (Å²) in [5.41, 5.74) is 2.77. The van der Waals surface area contributed by atoms with Crippen LogP contribution in [0.2, 0.25) is 5.02 Å². The lowest BCUT2D eigenvalue weighted by molar-refractivity contribution is -0.137. The molecule has 0 aliphatic heterocycles. The predicted octanol–water partition coefficient (Wildman–Crippen LogP) is 3.92. The molecule has 32 heavy (non-hydrogen) atoms. The molecule has 0 aliphatic rings. The van der Waals surface area contributed by atoms with E-state index in [1.165, 1.54) is 0 Å². The zero-order valence-electron chi connectivity index (χ0n) is 18.0. The third-order valence-corrected chi connectivity index (χ3v) is 5.21. The molecule has 0 fully saturated rings. The normalized spacial score (nSPS) is 11.7. The number of carbonyl (C=O) groups excluding carboxylic acids is 1. The Labute approximate surface area is 191 Å². The smallest absolute Gasteiger partial charge is 0.303 e. The third-order valence-electron chi connectivity index (χ3n) is 5.00. The average molecular weight is 454 g/mol. The molecule has 1 N–H and O–H groups in total. The summed E-state index contributed by atoms with van der Waals surface area (Å²) in [5.74, 6) is 4.60. The highest BCUT2D eigenvalue weighted by Gasteiger charge is 2.24. The molecule has 166 valence electrons. The van der Waals surface area contributed by atoms with Gasteiger partial charge in [0.05, 0.1) is 11.6 Å². The van der Waals surface area contributed by atoms with Crippen molar-refractivity contribution in [2.45, 2.75) is 26.2 Å². The molecule has 7 nitrogen and oxygen atoms in total. The molecule has 8 heteroatoms. The number of nitrogens with zero attached hydrogens (tertiary/aromatic N) is 3. The Kier molecular flexibility index (Phi) is 7.98. The summed E-state index contributed by atoms with van der Waals surface area (Å²) in [4.78, 5) is 32.5. The van der Waals surface area contributed by atoms with E-state index in [4.69, 9.17) is 21.4 Å². The van der Waals surface area contributed by atoms with Crippen LogP contribution >= 0.6 is 11.6 Å². The summed E-state index contributed by atoms with van der Waals surface area (Å²) < 4.78 is 7.53. The van der Waals surface area contributed by atoms with Crippen LogP contribution in [-0.4, -0.2) is 44.6 Å². The lowest BCUT2D eigenvalue weighted by Crippen LogP contribution is -2.13. The first-order valence-electron chi connectivity index (χ1n) is 10.2. The molecule has 0 aromatic carbocycles. The number of rotatable bonds is 9. The van der Waals surface area contributed by atoms with Gasteiger partial charge in [-0.15, -0.1) is 0 Å². The number of halogens is 1. The molecule has 0 unspecified atom stereocenters. The van der Waals surface area contributed by atoms with Crippen LogP contribution in [0.15, 0.2) is 36.8 Å². The molecule has 0 saturated carbocycles. The van der Waals surface area contributed by atoms with Gasteiger partial charge < -0.3 is 14.4 Å². The van der Waals surface area contributed by atoms with Gasteiger partial charge in [-0.2, -0.15) is 0 Å². The SMILES string of the molecule is C[C@H](CC(=O)O)CC(=O)c1c(CCOCC#Cc2cccnc2)n(C)c2ncc(Cl)cc12. The van der Waals surface area contributed by atoms with Crippen molar-refractivity contribution in [3.63, 3.8) is 0 Å². The minimum absolute atomic E-state index is 0.0659. The highest BCUT2D eigenvalue weighted by atomic mass is 35.5. The van der Waals surface area contributed by atoms with Crippen molar-refractivity contribution in [2.75, 3.05) is 13.2 Å². The lowest BCUT2D eigenvalue weighted by Gasteiger charge is -2.10. The molecule has 0 radical (unpaired) electrons. The lowest BCUT2D eigenvalue weighted by atomic mass is 9.95. The minimum atomic E-state index is -0.922. The van der Waals surface area contributed by atoms with Gasteiger partial charge >= 0.3 is 5.97 Å². The average Bonchev–Trinajstić information content (AvgIpc) is 3.01. The number of carbonyl (C=O) groups is 2. The van der Waals surface area contributed by atoms with Gasteiger partial charge in [0.2, 0.25) is 0 Å². The van der Waals surface area contributed by atoms with Crippen LogP contribution in [0.5, 0.6) is 0 Å². The van der Waals surface area contributed by atoms with Crippen molar-refractivity contribution in [3.05, 3.63) is 58.6 Å². The van der Waals surface area contributed by atoms with Gasteiger partial charge in [0.25, 0.3) is 0 Å². The monoisotopic (exact) mass is 453 g/mol. The van der Waals surface area contributed by atoms with Crippen LogP contribution in [0.25, 0.3) is 11.0 Å². The van der Waals surface area contributed by atoms with E-state index >= 15 is 0 Å². The number of carboxylic acid groups (broad SMARTS) is 1. The second-order valence-corrected chi connectivity index (χ2v) is 8.02. The molecular weight excluding hydrogens is 430 g/mol. The Hall–Kier alpha value is -3.21. The van der Waals surface area contributed by atoms with E-state index in [1.807, 2.05) is 23.7 Å². The number of pyridine rings is 2. The van der Waals surface area contributed by atoms with E-state index in [0.29, 0.717) is 34.6 Å². The van der Waals surface area contributed by atoms with E-state index in [1.54, 1.807) is 31.6 Å². The Balaban J connectivity index is 1.75. The first-order valence-corrected chi connectivity index (χ1v) is 10.6. The largest absolute Gasteiger partial charge is 0.481 e. The molecule has 0 spiro atoms. The molecule has 0 amide bonds. The van der Waals surface area contributed by atoms with Crippen molar-refractivity contribution >= 4 is 34.4 Å². The molecule has 1 atom stereocenters. The number of Topliss-reactive ketones (excluding diaryl/α,β-unsaturated/α-hetero) is 1. The Morgan fingerprint density at radius 2 is 2.12 bits per heavy atom. The van der Waals surface area contributed by atoms with Crippen LogP contribution in [0.3, 0.4) is 0 Å². The first-order chi connectivity index (χ1) is 15.4. The highest BCUT2D eigenvalue weighted by molar-refractivity contribution is 6.31. The van der Waals surface area contributed by atoms with Gasteiger partial charge in [-0.1, -0.05) is 30.4 Å². The van der Waals surface area contributed by atoms with E-state index in [2.05, 4.69) is 21.8 Å². The van der Waals surface area contributed by atoms with Crippen molar-refractivity contribution in [1.29, 1.82) is 0 Å². The van der Waals surface area contributed by atoms with Crippen molar-refractivity contribution < 1.29 is 19.4 Å². The quantitative estimate of drug-likeness (QED) is 0.300. The number of hydrogen-bond acceptors (Lipinski definition) is 5. The summed E-state index contributed by atoms with van der Waals surface area (Å²) in [6.07, 6.45) is 5.46. The van der Waals surface area contributed by atoms with Crippen molar-refractivity contribution in [2.24, 2.45) is 13.0 Å². The summed E-state index contributed by atoms with van der Waals surface area (Å²) in [6, 6.07) is 5.42. The fourth-order valence-electron chi connectivity index (χ4n) is 3.59. The van der Waals surface area contributed by atoms with Gasteiger partial charge in [-0.05, 0) is 24.1 Å². The fraction of sp³-hybridized carbons (Fsp3) is 0.333. The second-order valence-electron chi connectivity index (χ2n) is 7.58. The number of aliphatic carboxylic acids is 1. The van der Waals surface area contributed by atoms with Gasteiger partial charge in [-0.25, -0.2) is 4.98 Å². The van der Waals surface area contributed by atoms with Crippen molar-refractivity contribution in [3.8, 4) is 11.8 Å². The zero-order chi connectivity index (χ0) is 23.1. The van der Waals surface area contributed by atoms with Crippen LogP contribution in [-0.2, 0) is 23.0 Å². The summed E-state index contributed by atoms with van der Waals surface area (Å²) in [7, 11) is 1.85. The molecule has 0 bridgehead atoms. The molecule has 3 aromatic heterocycles. The number of carboxylic acids is 1. The summed E-state index contributed by atoms with van der Waals surface area (Å²) in [6.45, 7) is 2.37. The Morgan fingerprint density at radius 1 is 1.31 bits per heavy atom. The van der Waals surface area contributed by atoms with Gasteiger partial charge in [0.15, 0.2) is 5.78 Å². The summed E-state index contributed by atoms with van der Waals surface area (Å²) >= 11 is 6.14. The number of ether oxygens (including phenoxy) is 1. The van der Waals surface area contributed by atoms with E-state index < -0.39 is 5.97 Å². The standard InChI is InChI=1S/C24H24ClN3O4/c1-16(12-22(30)31)11-21(29)23-19-13-18(25)15-27-24(19)28(2)20(23)7-10-32-9-4-6-17-5-3-8-26-14-17/h3,5,8,13-16H,7,9-12H2,1-2H3,(H,30,31)/t16-/m0/s1.